The van der Waals surface area contributed by atoms with Crippen molar-refractivity contribution in [2.24, 2.45) is 0 Å². The summed E-state index contributed by atoms with van der Waals surface area (Å²) in [6, 6.07) is 11.4. The second-order valence-corrected chi connectivity index (χ2v) is 9.13. The zero-order valence-electron chi connectivity index (χ0n) is 16.0. The van der Waals surface area contributed by atoms with E-state index >= 15 is 0 Å². The summed E-state index contributed by atoms with van der Waals surface area (Å²) in [5.41, 5.74) is 2.66. The monoisotopic (exact) mass is 569 g/mol. The number of methoxy groups -OCH3 is 1. The molecule has 3 aromatic rings. The first-order chi connectivity index (χ1) is 14.4. The molecule has 1 heterocycles. The smallest absolute Gasteiger partial charge is 0.264 e. The number of thiocarbonyl (C=S) groups is 1. The lowest BCUT2D eigenvalue weighted by Gasteiger charge is -2.12. The summed E-state index contributed by atoms with van der Waals surface area (Å²) in [6.45, 7) is 1.73. The minimum absolute atomic E-state index is 0.158. The van der Waals surface area contributed by atoms with Crippen molar-refractivity contribution in [2.75, 3.05) is 19.0 Å². The van der Waals surface area contributed by atoms with Gasteiger partial charge in [-0.3, -0.25) is 10.1 Å². The number of amides is 1. The first-order valence-corrected chi connectivity index (χ1v) is 11.5. The number of hydrogen-bond donors (Lipinski definition) is 2. The number of carbonyl (C=O) groups excluding carboxylic acids is 1. The quantitative estimate of drug-likeness (QED) is 0.379. The van der Waals surface area contributed by atoms with E-state index in [1.54, 1.807) is 7.11 Å². The zero-order valence-corrected chi connectivity index (χ0v) is 20.8. The van der Waals surface area contributed by atoms with Crippen LogP contribution in [0.1, 0.15) is 5.56 Å². The van der Waals surface area contributed by atoms with Crippen LogP contribution >= 0.6 is 55.4 Å². The van der Waals surface area contributed by atoms with Crippen LogP contribution in [-0.2, 0) is 4.79 Å². The second-order valence-electron chi connectivity index (χ2n) is 6.09. The Hall–Kier alpha value is -2.01. The van der Waals surface area contributed by atoms with Crippen LogP contribution in [0.25, 0.3) is 11.3 Å². The number of nitrogens with one attached hydrogen (secondary N) is 2. The molecule has 0 saturated heterocycles. The van der Waals surface area contributed by atoms with E-state index in [0.717, 1.165) is 31.5 Å². The Morgan fingerprint density at radius 2 is 1.97 bits per heavy atom. The number of carbonyl (C=O) groups is 1. The number of hydrogen-bond acceptors (Lipinski definition) is 6. The van der Waals surface area contributed by atoms with Gasteiger partial charge in [0, 0.05) is 15.4 Å². The summed E-state index contributed by atoms with van der Waals surface area (Å²) in [6.07, 6.45) is 0. The molecule has 0 fully saturated rings. The Morgan fingerprint density at radius 3 is 2.63 bits per heavy atom. The maximum atomic E-state index is 12.2. The van der Waals surface area contributed by atoms with Gasteiger partial charge in [0.05, 0.1) is 17.3 Å². The Bertz CT molecular complexity index is 1050. The van der Waals surface area contributed by atoms with Crippen molar-refractivity contribution in [3.8, 4) is 22.8 Å². The van der Waals surface area contributed by atoms with Crippen LogP contribution in [0.15, 0.2) is 50.7 Å². The fourth-order valence-electron chi connectivity index (χ4n) is 2.53. The predicted octanol–water partition coefficient (Wildman–Crippen LogP) is 5.54. The maximum absolute atomic E-state index is 12.2. The van der Waals surface area contributed by atoms with E-state index in [2.05, 4.69) is 47.5 Å². The molecule has 0 saturated carbocycles. The normalized spacial score (nSPS) is 10.4. The highest BCUT2D eigenvalue weighted by Crippen LogP contribution is 2.32. The van der Waals surface area contributed by atoms with Crippen molar-refractivity contribution in [3.63, 3.8) is 0 Å². The number of aromatic nitrogens is 1. The molecule has 0 atom stereocenters. The third-order valence-corrected chi connectivity index (χ3v) is 5.91. The highest BCUT2D eigenvalue weighted by molar-refractivity contribution is 9.11. The number of nitrogens with zero attached hydrogens (tertiary/aromatic N) is 1. The standard InChI is InChI=1S/C20H17Br2N3O3S2/c1-11-7-13(21)8-15(22)18(11)28-9-17(26)24-19(29)25-20-23-16(10-30-20)12-3-5-14(27-2)6-4-12/h3-8,10H,9H2,1-2H3,(H2,23,24,25,26,29). The van der Waals surface area contributed by atoms with Crippen LogP contribution in [0.3, 0.4) is 0 Å². The largest absolute Gasteiger partial charge is 0.497 e. The van der Waals surface area contributed by atoms with Crippen molar-refractivity contribution in [1.29, 1.82) is 0 Å². The predicted molar refractivity (Wildman–Crippen MR) is 131 cm³/mol. The van der Waals surface area contributed by atoms with E-state index in [4.69, 9.17) is 21.7 Å². The van der Waals surface area contributed by atoms with E-state index in [1.807, 2.05) is 48.7 Å². The Labute approximate surface area is 200 Å². The summed E-state index contributed by atoms with van der Waals surface area (Å²) < 4.78 is 12.5. The van der Waals surface area contributed by atoms with Crippen LogP contribution in [0, 0.1) is 6.92 Å². The van der Waals surface area contributed by atoms with Gasteiger partial charge >= 0.3 is 0 Å². The van der Waals surface area contributed by atoms with Gasteiger partial charge in [-0.25, -0.2) is 4.98 Å². The number of benzene rings is 2. The maximum Gasteiger partial charge on any atom is 0.264 e. The van der Waals surface area contributed by atoms with Crippen molar-refractivity contribution in [3.05, 3.63) is 56.3 Å². The molecule has 10 heteroatoms. The molecule has 0 aliphatic heterocycles. The van der Waals surface area contributed by atoms with E-state index in [0.29, 0.717) is 10.9 Å². The summed E-state index contributed by atoms with van der Waals surface area (Å²) in [4.78, 5) is 16.7. The van der Waals surface area contributed by atoms with Gasteiger partial charge in [-0.2, -0.15) is 0 Å². The van der Waals surface area contributed by atoms with Gasteiger partial charge in [-0.15, -0.1) is 11.3 Å². The van der Waals surface area contributed by atoms with Crippen molar-refractivity contribution >= 4 is 71.6 Å². The van der Waals surface area contributed by atoms with Crippen LogP contribution in [0.5, 0.6) is 11.5 Å². The minimum Gasteiger partial charge on any atom is -0.497 e. The number of rotatable bonds is 6. The first kappa shape index (κ1) is 22.7. The first-order valence-electron chi connectivity index (χ1n) is 8.65. The molecular weight excluding hydrogens is 554 g/mol. The fourth-order valence-corrected chi connectivity index (χ4v) is 5.08. The molecule has 0 bridgehead atoms. The van der Waals surface area contributed by atoms with Crippen molar-refractivity contribution < 1.29 is 14.3 Å². The summed E-state index contributed by atoms with van der Waals surface area (Å²) in [5, 5.41) is 8.17. The second kappa shape index (κ2) is 10.3. The van der Waals surface area contributed by atoms with Gasteiger partial charge in [-0.1, -0.05) is 15.9 Å². The van der Waals surface area contributed by atoms with Gasteiger partial charge in [0.15, 0.2) is 16.9 Å². The summed E-state index contributed by atoms with van der Waals surface area (Å²) in [7, 11) is 1.62. The van der Waals surface area contributed by atoms with E-state index < -0.39 is 0 Å². The fraction of sp³-hybridized carbons (Fsp3) is 0.150. The van der Waals surface area contributed by atoms with Crippen LogP contribution in [0.2, 0.25) is 0 Å². The van der Waals surface area contributed by atoms with Crippen LogP contribution < -0.4 is 20.1 Å². The number of aryl methyl sites for hydroxylation is 1. The average molecular weight is 571 g/mol. The van der Waals surface area contributed by atoms with E-state index in [-0.39, 0.29) is 17.6 Å². The highest BCUT2D eigenvalue weighted by atomic mass is 79.9. The van der Waals surface area contributed by atoms with Crippen LogP contribution in [0.4, 0.5) is 5.13 Å². The Morgan fingerprint density at radius 1 is 1.23 bits per heavy atom. The third-order valence-electron chi connectivity index (χ3n) is 3.91. The summed E-state index contributed by atoms with van der Waals surface area (Å²) in [5.74, 6) is 1.02. The molecule has 6 nitrogen and oxygen atoms in total. The van der Waals surface area contributed by atoms with Crippen molar-refractivity contribution in [2.45, 2.75) is 6.92 Å². The van der Waals surface area contributed by atoms with Gasteiger partial charge in [0.2, 0.25) is 0 Å². The summed E-state index contributed by atoms with van der Waals surface area (Å²) >= 11 is 13.4. The van der Waals surface area contributed by atoms with Gasteiger partial charge in [0.1, 0.15) is 11.5 Å². The number of halogens is 2. The molecular formula is C20H17Br2N3O3S2. The molecule has 0 unspecified atom stereocenters. The number of anilines is 1. The van der Waals surface area contributed by atoms with Crippen LogP contribution in [-0.4, -0.2) is 29.7 Å². The Kier molecular flexibility index (Phi) is 7.81. The molecule has 0 aliphatic carbocycles. The number of thiazole rings is 1. The average Bonchev–Trinajstić information content (AvgIpc) is 3.15. The topological polar surface area (TPSA) is 72.5 Å². The molecule has 0 radical (unpaired) electrons. The Balaban J connectivity index is 1.53. The highest BCUT2D eigenvalue weighted by Gasteiger charge is 2.12. The third kappa shape index (κ3) is 6.00. The van der Waals surface area contributed by atoms with Gasteiger partial charge < -0.3 is 14.8 Å². The lowest BCUT2D eigenvalue weighted by molar-refractivity contribution is -0.121. The van der Waals surface area contributed by atoms with Crippen molar-refractivity contribution in [1.82, 2.24) is 10.3 Å². The van der Waals surface area contributed by atoms with Gasteiger partial charge in [-0.05, 0) is 77.0 Å². The molecule has 2 N–H and O–H groups in total. The van der Waals surface area contributed by atoms with E-state index in [1.165, 1.54) is 11.3 Å². The number of ether oxygens (including phenoxy) is 2. The molecule has 1 amide bonds. The minimum atomic E-state index is -0.367. The molecule has 0 spiro atoms. The molecule has 2 aromatic carbocycles. The zero-order chi connectivity index (χ0) is 21.7. The molecule has 30 heavy (non-hydrogen) atoms. The molecule has 3 rings (SSSR count). The van der Waals surface area contributed by atoms with Gasteiger partial charge in [0.25, 0.3) is 5.91 Å². The molecule has 1 aromatic heterocycles. The SMILES string of the molecule is COc1ccc(-c2csc(NC(=S)NC(=O)COc3c(C)cc(Br)cc3Br)n2)cc1. The van der Waals surface area contributed by atoms with E-state index in [9.17, 15) is 4.79 Å². The molecule has 0 aliphatic rings. The lowest BCUT2D eigenvalue weighted by atomic mass is 10.2. The molecule has 156 valence electrons. The lowest BCUT2D eigenvalue weighted by Crippen LogP contribution is -2.37.